The molecule has 1 fully saturated rings. The zero-order chi connectivity index (χ0) is 16.7. The number of aromatic amines is 1. The predicted octanol–water partition coefficient (Wildman–Crippen LogP) is -2.66. The summed E-state index contributed by atoms with van der Waals surface area (Å²) in [4.78, 5) is 42.8. The van der Waals surface area contributed by atoms with Gasteiger partial charge in [-0.3, -0.25) is 13.9 Å². The SMILES string of the molecule is Cn1c(=O)[nH]cc([C@@H]2O[C@H](COP(=O)(O)O)C(O)[C@H]2O)c1=O. The Kier molecular flexibility index (Phi) is 4.68. The van der Waals surface area contributed by atoms with Gasteiger partial charge in [-0.1, -0.05) is 0 Å². The molecule has 11 nitrogen and oxygen atoms in total. The van der Waals surface area contributed by atoms with E-state index in [0.29, 0.717) is 0 Å². The number of phosphoric ester groups is 1. The first-order valence-electron chi connectivity index (χ1n) is 6.12. The molecule has 2 heterocycles. The highest BCUT2D eigenvalue weighted by Crippen LogP contribution is 2.38. The van der Waals surface area contributed by atoms with E-state index in [4.69, 9.17) is 14.5 Å². The molecule has 1 aromatic heterocycles. The molecule has 0 saturated carbocycles. The van der Waals surface area contributed by atoms with Crippen LogP contribution in [0.1, 0.15) is 11.7 Å². The molecule has 1 saturated heterocycles. The number of nitrogens with one attached hydrogen (secondary N) is 1. The molecule has 0 spiro atoms. The van der Waals surface area contributed by atoms with Crippen LogP contribution in [-0.4, -0.2) is 54.5 Å². The fraction of sp³-hybridized carbons (Fsp3) is 0.600. The highest BCUT2D eigenvalue weighted by molar-refractivity contribution is 7.46. The first kappa shape index (κ1) is 17.0. The minimum atomic E-state index is -4.77. The first-order chi connectivity index (χ1) is 10.1. The van der Waals surface area contributed by atoms with Crippen molar-refractivity contribution in [1.29, 1.82) is 0 Å². The molecule has 0 radical (unpaired) electrons. The smallest absolute Gasteiger partial charge is 0.387 e. The summed E-state index contributed by atoms with van der Waals surface area (Å²) in [6, 6.07) is 0. The summed E-state index contributed by atoms with van der Waals surface area (Å²) in [5.41, 5.74) is -1.49. The van der Waals surface area contributed by atoms with Crippen LogP contribution in [0.2, 0.25) is 0 Å². The summed E-state index contributed by atoms with van der Waals surface area (Å²) in [5.74, 6) is 0. The standard InChI is InChI=1S/C10H15N2O9P/c1-12-9(15)4(2-11-10(12)16)8-7(14)6(13)5(21-8)3-20-22(17,18)19/h2,5-8,13-14H,3H2,1H3,(H,11,16)(H2,17,18,19)/t5-,6?,7-,8+/m1/s1. The zero-order valence-corrected chi connectivity index (χ0v) is 12.2. The van der Waals surface area contributed by atoms with Gasteiger partial charge in [0.15, 0.2) is 0 Å². The van der Waals surface area contributed by atoms with Crippen molar-refractivity contribution in [3.63, 3.8) is 0 Å². The Morgan fingerprint density at radius 3 is 2.59 bits per heavy atom. The van der Waals surface area contributed by atoms with E-state index >= 15 is 0 Å². The molecule has 22 heavy (non-hydrogen) atoms. The fourth-order valence-electron chi connectivity index (χ4n) is 2.10. The number of hydrogen-bond donors (Lipinski definition) is 5. The van der Waals surface area contributed by atoms with Crippen molar-refractivity contribution in [2.45, 2.75) is 24.4 Å². The van der Waals surface area contributed by atoms with Crippen molar-refractivity contribution < 1.29 is 33.8 Å². The minimum absolute atomic E-state index is 0.104. The van der Waals surface area contributed by atoms with Crippen LogP contribution in [0.3, 0.4) is 0 Å². The molecular weight excluding hydrogens is 323 g/mol. The van der Waals surface area contributed by atoms with Crippen LogP contribution in [0, 0.1) is 0 Å². The maximum atomic E-state index is 12.0. The van der Waals surface area contributed by atoms with Gasteiger partial charge in [0.05, 0.1) is 12.2 Å². The largest absolute Gasteiger partial charge is 0.469 e. The lowest BCUT2D eigenvalue weighted by Gasteiger charge is -2.14. The quantitative estimate of drug-likeness (QED) is 0.367. The molecule has 2 rings (SSSR count). The molecule has 1 unspecified atom stereocenters. The fourth-order valence-corrected chi connectivity index (χ4v) is 2.44. The molecule has 0 aliphatic carbocycles. The third-order valence-electron chi connectivity index (χ3n) is 3.28. The van der Waals surface area contributed by atoms with Crippen molar-refractivity contribution >= 4 is 7.82 Å². The molecule has 4 atom stereocenters. The lowest BCUT2D eigenvalue weighted by Crippen LogP contribution is -2.37. The van der Waals surface area contributed by atoms with Crippen molar-refractivity contribution in [2.24, 2.45) is 7.05 Å². The summed E-state index contributed by atoms with van der Waals surface area (Å²) in [6.45, 7) is -0.678. The lowest BCUT2D eigenvalue weighted by molar-refractivity contribution is -0.0229. The number of aromatic nitrogens is 2. The molecular formula is C10H15N2O9P. The van der Waals surface area contributed by atoms with Gasteiger partial charge in [-0.2, -0.15) is 0 Å². The van der Waals surface area contributed by atoms with Gasteiger partial charge < -0.3 is 29.7 Å². The first-order valence-corrected chi connectivity index (χ1v) is 7.65. The molecule has 5 N–H and O–H groups in total. The number of aliphatic hydroxyl groups excluding tert-OH is 2. The highest BCUT2D eigenvalue weighted by atomic mass is 31.2. The molecule has 124 valence electrons. The van der Waals surface area contributed by atoms with Crippen LogP contribution in [0.5, 0.6) is 0 Å². The Morgan fingerprint density at radius 2 is 2.00 bits per heavy atom. The number of hydrogen-bond acceptors (Lipinski definition) is 7. The molecule has 1 aliphatic heterocycles. The van der Waals surface area contributed by atoms with E-state index in [1.807, 2.05) is 0 Å². The Balaban J connectivity index is 2.24. The monoisotopic (exact) mass is 338 g/mol. The summed E-state index contributed by atoms with van der Waals surface area (Å²) < 4.78 is 20.9. The van der Waals surface area contributed by atoms with Crippen LogP contribution in [0.15, 0.2) is 15.8 Å². The predicted molar refractivity (Wildman–Crippen MR) is 69.9 cm³/mol. The number of nitrogens with zero attached hydrogens (tertiary/aromatic N) is 1. The molecule has 12 heteroatoms. The Morgan fingerprint density at radius 1 is 1.36 bits per heavy atom. The van der Waals surface area contributed by atoms with E-state index in [1.54, 1.807) is 0 Å². The normalized spacial score (nSPS) is 29.0. The third kappa shape index (κ3) is 3.36. The van der Waals surface area contributed by atoms with Crippen LogP contribution in [0.4, 0.5) is 0 Å². The van der Waals surface area contributed by atoms with Crippen LogP contribution in [-0.2, 0) is 20.9 Å². The minimum Gasteiger partial charge on any atom is -0.387 e. The van der Waals surface area contributed by atoms with Crippen molar-refractivity contribution in [3.8, 4) is 0 Å². The van der Waals surface area contributed by atoms with Gasteiger partial charge >= 0.3 is 13.5 Å². The topological polar surface area (TPSA) is 171 Å². The van der Waals surface area contributed by atoms with E-state index in [1.165, 1.54) is 7.05 Å². The zero-order valence-electron chi connectivity index (χ0n) is 11.3. The van der Waals surface area contributed by atoms with Gasteiger partial charge in [0, 0.05) is 13.2 Å². The molecule has 0 amide bonds. The summed E-state index contributed by atoms with van der Waals surface area (Å²) >= 11 is 0. The molecule has 0 bridgehead atoms. The van der Waals surface area contributed by atoms with Crippen LogP contribution < -0.4 is 11.2 Å². The number of aliphatic hydroxyl groups is 2. The maximum Gasteiger partial charge on any atom is 0.469 e. The second-order valence-electron chi connectivity index (χ2n) is 4.78. The summed E-state index contributed by atoms with van der Waals surface area (Å²) in [5, 5.41) is 19.7. The Hall–Kier alpha value is -1.33. The maximum absolute atomic E-state index is 12.0. The van der Waals surface area contributed by atoms with Gasteiger partial charge in [0.2, 0.25) is 0 Å². The van der Waals surface area contributed by atoms with E-state index in [-0.39, 0.29) is 5.56 Å². The van der Waals surface area contributed by atoms with Crippen LogP contribution in [0.25, 0.3) is 0 Å². The number of rotatable bonds is 4. The third-order valence-corrected chi connectivity index (χ3v) is 3.77. The number of phosphoric acid groups is 1. The van der Waals surface area contributed by atoms with Crippen molar-refractivity contribution in [2.75, 3.05) is 6.61 Å². The molecule has 1 aliphatic rings. The van der Waals surface area contributed by atoms with Crippen LogP contribution >= 0.6 is 7.82 Å². The summed E-state index contributed by atoms with van der Waals surface area (Å²) in [7, 11) is -3.55. The second kappa shape index (κ2) is 6.05. The average Bonchev–Trinajstić information content (AvgIpc) is 2.70. The van der Waals surface area contributed by atoms with Gasteiger partial charge in [-0.25, -0.2) is 9.36 Å². The second-order valence-corrected chi connectivity index (χ2v) is 6.02. The number of ether oxygens (including phenoxy) is 1. The van der Waals surface area contributed by atoms with E-state index < -0.39 is 50.1 Å². The Labute approximate surface area is 123 Å². The average molecular weight is 338 g/mol. The molecule has 0 aromatic carbocycles. The van der Waals surface area contributed by atoms with E-state index in [0.717, 1.165) is 10.8 Å². The van der Waals surface area contributed by atoms with E-state index in [9.17, 15) is 24.4 Å². The number of H-pyrrole nitrogens is 1. The Bertz CT molecular complexity index is 707. The highest BCUT2D eigenvalue weighted by Gasteiger charge is 2.45. The molecule has 1 aromatic rings. The van der Waals surface area contributed by atoms with E-state index in [2.05, 4.69) is 9.51 Å². The lowest BCUT2D eigenvalue weighted by atomic mass is 10.0. The van der Waals surface area contributed by atoms with Crippen molar-refractivity contribution in [1.82, 2.24) is 9.55 Å². The summed E-state index contributed by atoms with van der Waals surface area (Å²) in [6.07, 6.45) is -4.50. The van der Waals surface area contributed by atoms with Gasteiger partial charge in [-0.05, 0) is 0 Å². The van der Waals surface area contributed by atoms with Gasteiger partial charge in [-0.15, -0.1) is 0 Å². The van der Waals surface area contributed by atoms with Gasteiger partial charge in [0.1, 0.15) is 24.4 Å². The van der Waals surface area contributed by atoms with Gasteiger partial charge in [0.25, 0.3) is 5.56 Å². The van der Waals surface area contributed by atoms with Crippen molar-refractivity contribution in [3.05, 3.63) is 32.6 Å².